The van der Waals surface area contributed by atoms with Crippen LogP contribution in [0.15, 0.2) is 36.4 Å². The zero-order valence-corrected chi connectivity index (χ0v) is 21.3. The van der Waals surface area contributed by atoms with Gasteiger partial charge in [-0.05, 0) is 79.9 Å². The number of hydrogen-bond acceptors (Lipinski definition) is 1. The predicted octanol–water partition coefficient (Wildman–Crippen LogP) is 7.99. The van der Waals surface area contributed by atoms with Crippen LogP contribution in [-0.4, -0.2) is 0 Å². The van der Waals surface area contributed by atoms with Gasteiger partial charge in [-0.2, -0.15) is 14.8 Å². The molecule has 0 aliphatic heterocycles. The van der Waals surface area contributed by atoms with E-state index in [2.05, 4.69) is 17.7 Å². The predicted molar refractivity (Wildman–Crippen MR) is 112 cm³/mol. The molecule has 1 radical (unpaired) electrons. The molecule has 2 saturated carbocycles. The molecule has 0 N–H and O–H groups in total. The van der Waals surface area contributed by atoms with Gasteiger partial charge in [0.15, 0.2) is 0 Å². The Bertz CT molecular complexity index is 887. The molecule has 2 aromatic rings. The summed E-state index contributed by atoms with van der Waals surface area (Å²) in [5.74, 6) is 0.421. The zero-order chi connectivity index (χ0) is 22.0. The molecule has 0 atom stereocenters. The molecule has 0 aromatic heterocycles. The van der Waals surface area contributed by atoms with Gasteiger partial charge in [0, 0.05) is 44.3 Å². The molecule has 0 bridgehead atoms. The Hall–Kier alpha value is -0.936. The van der Waals surface area contributed by atoms with Crippen molar-refractivity contribution in [2.75, 3.05) is 0 Å². The van der Waals surface area contributed by atoms with Crippen molar-refractivity contribution < 1.29 is 55.0 Å². The minimum absolute atomic E-state index is 0. The van der Waals surface area contributed by atoms with E-state index in [0.29, 0.717) is 0 Å². The van der Waals surface area contributed by atoms with Crippen LogP contribution in [0.1, 0.15) is 75.3 Å². The van der Waals surface area contributed by atoms with Gasteiger partial charge in [0.05, 0.1) is 5.56 Å². The SMILES string of the molecule is CC1CCC(C2CCC(c3ccc(C(F)(F)Oc4cc[c-]c(F)c4)c(F)c3)CC2)CC1.[Y]. The van der Waals surface area contributed by atoms with Crippen molar-refractivity contribution in [3.8, 4) is 5.75 Å². The Balaban J connectivity index is 0.00000289. The van der Waals surface area contributed by atoms with Gasteiger partial charge in [0.2, 0.25) is 0 Å². The van der Waals surface area contributed by atoms with Crippen molar-refractivity contribution in [2.24, 2.45) is 17.8 Å². The molecule has 2 aliphatic carbocycles. The van der Waals surface area contributed by atoms with Crippen molar-refractivity contribution in [2.45, 2.75) is 70.3 Å². The van der Waals surface area contributed by atoms with Crippen LogP contribution in [0.5, 0.6) is 5.75 Å². The van der Waals surface area contributed by atoms with Gasteiger partial charge in [-0.1, -0.05) is 31.9 Å². The van der Waals surface area contributed by atoms with Gasteiger partial charge < -0.3 is 4.74 Å². The minimum Gasteiger partial charge on any atom is -0.455 e. The van der Waals surface area contributed by atoms with E-state index in [4.69, 9.17) is 0 Å². The van der Waals surface area contributed by atoms with Crippen molar-refractivity contribution in [1.82, 2.24) is 0 Å². The van der Waals surface area contributed by atoms with Crippen LogP contribution in [0.3, 0.4) is 0 Å². The third kappa shape index (κ3) is 6.14. The average molecular weight is 522 g/mol. The van der Waals surface area contributed by atoms with Crippen LogP contribution in [0, 0.1) is 35.5 Å². The average Bonchev–Trinajstić information content (AvgIpc) is 2.74. The van der Waals surface area contributed by atoms with Crippen LogP contribution in [0.25, 0.3) is 0 Å². The van der Waals surface area contributed by atoms with Crippen molar-refractivity contribution in [3.63, 3.8) is 0 Å². The maximum Gasteiger partial charge on any atom is 0.427 e. The summed E-state index contributed by atoms with van der Waals surface area (Å²) in [6.45, 7) is 2.33. The normalized spacial score (nSPS) is 26.3. The van der Waals surface area contributed by atoms with E-state index in [1.165, 1.54) is 31.7 Å². The first-order valence-corrected chi connectivity index (χ1v) is 11.4. The molecule has 0 amide bonds. The van der Waals surface area contributed by atoms with E-state index in [1.807, 2.05) is 0 Å². The third-order valence-electron chi connectivity index (χ3n) is 7.26. The quantitative estimate of drug-likeness (QED) is 0.286. The molecule has 4 rings (SSSR count). The molecular weight excluding hydrogens is 493 g/mol. The Kier molecular flexibility index (Phi) is 8.82. The van der Waals surface area contributed by atoms with Crippen LogP contribution in [0.2, 0.25) is 0 Å². The molecule has 171 valence electrons. The molecule has 32 heavy (non-hydrogen) atoms. The molecule has 1 nitrogen and oxygen atoms in total. The molecule has 0 unspecified atom stereocenters. The molecule has 0 saturated heterocycles. The van der Waals surface area contributed by atoms with Gasteiger partial charge in [-0.15, -0.1) is 12.1 Å². The number of alkyl halides is 2. The number of benzene rings is 2. The molecule has 2 fully saturated rings. The molecule has 2 aromatic carbocycles. The topological polar surface area (TPSA) is 9.23 Å². The molecule has 2 aliphatic rings. The third-order valence-corrected chi connectivity index (χ3v) is 7.26. The minimum atomic E-state index is -3.90. The summed E-state index contributed by atoms with van der Waals surface area (Å²) >= 11 is 0. The van der Waals surface area contributed by atoms with Gasteiger partial charge in [0.25, 0.3) is 0 Å². The van der Waals surface area contributed by atoms with Gasteiger partial charge in [-0.3, -0.25) is 0 Å². The van der Waals surface area contributed by atoms with E-state index in [-0.39, 0.29) is 44.4 Å². The fourth-order valence-electron chi connectivity index (χ4n) is 5.39. The number of ether oxygens (including phenoxy) is 1. The zero-order valence-electron chi connectivity index (χ0n) is 18.4. The summed E-state index contributed by atoms with van der Waals surface area (Å²) in [5, 5.41) is 0. The van der Waals surface area contributed by atoms with E-state index >= 15 is 0 Å². The smallest absolute Gasteiger partial charge is 0.427 e. The van der Waals surface area contributed by atoms with E-state index < -0.39 is 23.3 Å². The fourth-order valence-corrected chi connectivity index (χ4v) is 5.39. The summed E-state index contributed by atoms with van der Waals surface area (Å²) in [4.78, 5) is 0. The van der Waals surface area contributed by atoms with Crippen LogP contribution in [-0.2, 0) is 38.8 Å². The van der Waals surface area contributed by atoms with Crippen molar-refractivity contribution in [1.29, 1.82) is 0 Å². The number of rotatable bonds is 5. The van der Waals surface area contributed by atoms with Gasteiger partial charge in [0.1, 0.15) is 5.82 Å². The van der Waals surface area contributed by atoms with Crippen molar-refractivity contribution >= 4 is 0 Å². The maximum atomic E-state index is 14.6. The summed E-state index contributed by atoms with van der Waals surface area (Å²) < 4.78 is 61.4. The number of halogens is 4. The largest absolute Gasteiger partial charge is 0.455 e. The number of hydrogen-bond donors (Lipinski definition) is 0. The first kappa shape index (κ1) is 25.7. The van der Waals surface area contributed by atoms with E-state index in [9.17, 15) is 17.6 Å². The standard InChI is InChI=1S/C26H29F4O.Y/c1-17-5-7-18(8-6-17)19-9-11-20(12-10-19)21-13-14-24(25(28)15-21)26(29,30)31-23-4-2-3-22(27)16-23;/h2,4,13-20H,5-12H2,1H3;/q-1;. The second-order valence-corrected chi connectivity index (χ2v) is 9.36. The van der Waals surface area contributed by atoms with Gasteiger partial charge >= 0.3 is 6.11 Å². The fraction of sp³-hybridized carbons (Fsp3) is 0.538. The summed E-state index contributed by atoms with van der Waals surface area (Å²) in [6.07, 6.45) is 5.59. The Labute approximate surface area is 213 Å². The molecule has 0 heterocycles. The second-order valence-electron chi connectivity index (χ2n) is 9.36. The van der Waals surface area contributed by atoms with Crippen molar-refractivity contribution in [3.05, 3.63) is 65.2 Å². The van der Waals surface area contributed by atoms with Gasteiger partial charge in [-0.25, -0.2) is 8.78 Å². The molecular formula is C26H29F4OY-. The maximum absolute atomic E-state index is 14.6. The molecule has 0 spiro atoms. The Morgan fingerprint density at radius 3 is 2.09 bits per heavy atom. The molecule has 6 heteroatoms. The second kappa shape index (κ2) is 11.0. The van der Waals surface area contributed by atoms with Crippen LogP contribution >= 0.6 is 0 Å². The first-order valence-electron chi connectivity index (χ1n) is 11.4. The summed E-state index contributed by atoms with van der Waals surface area (Å²) in [5.41, 5.74) is -0.0670. The van der Waals surface area contributed by atoms with Crippen LogP contribution < -0.4 is 4.74 Å². The summed E-state index contributed by atoms with van der Waals surface area (Å²) in [7, 11) is 0. The first-order chi connectivity index (χ1) is 14.8. The monoisotopic (exact) mass is 522 g/mol. The van der Waals surface area contributed by atoms with Crippen LogP contribution in [0.4, 0.5) is 17.6 Å². The van der Waals surface area contributed by atoms with E-state index in [1.54, 1.807) is 6.07 Å². The van der Waals surface area contributed by atoms with E-state index in [0.717, 1.165) is 73.3 Å². The summed E-state index contributed by atoms with van der Waals surface area (Å²) in [6, 6.07) is 9.22. The Morgan fingerprint density at radius 1 is 0.875 bits per heavy atom. The Morgan fingerprint density at radius 2 is 1.50 bits per heavy atom.